The number of aromatic nitrogens is 2. The molecule has 0 atom stereocenters. The topological polar surface area (TPSA) is 55.1 Å². The molecular formula is C19H25ClN2O2. The van der Waals surface area contributed by atoms with E-state index in [0.29, 0.717) is 13.0 Å². The smallest absolute Gasteiger partial charge is 0.303 e. The molecule has 0 aliphatic heterocycles. The Balaban J connectivity index is 2.13. The van der Waals surface area contributed by atoms with Gasteiger partial charge in [0.15, 0.2) is 0 Å². The molecule has 0 bridgehead atoms. The van der Waals surface area contributed by atoms with Gasteiger partial charge in [-0.25, -0.2) is 4.98 Å². The van der Waals surface area contributed by atoms with Crippen molar-refractivity contribution in [3.8, 4) is 0 Å². The number of aryl methyl sites for hydroxylation is 2. The third-order valence-corrected chi connectivity index (χ3v) is 4.50. The highest BCUT2D eigenvalue weighted by Gasteiger charge is 2.12. The van der Waals surface area contributed by atoms with Crippen LogP contribution in [0.25, 0.3) is 0 Å². The number of rotatable bonds is 10. The van der Waals surface area contributed by atoms with E-state index >= 15 is 0 Å². The molecule has 2 aromatic rings. The molecule has 1 aromatic heterocycles. The van der Waals surface area contributed by atoms with Crippen LogP contribution in [-0.4, -0.2) is 20.6 Å². The first-order chi connectivity index (χ1) is 11.6. The van der Waals surface area contributed by atoms with Crippen molar-refractivity contribution < 1.29 is 9.90 Å². The van der Waals surface area contributed by atoms with Crippen molar-refractivity contribution in [3.63, 3.8) is 0 Å². The predicted molar refractivity (Wildman–Crippen MR) is 96.6 cm³/mol. The molecule has 0 amide bonds. The molecule has 0 saturated carbocycles. The average Bonchev–Trinajstić information content (AvgIpc) is 2.93. The van der Waals surface area contributed by atoms with Gasteiger partial charge in [-0.15, -0.1) is 0 Å². The van der Waals surface area contributed by atoms with Crippen LogP contribution in [0.5, 0.6) is 0 Å². The largest absolute Gasteiger partial charge is 0.481 e. The second kappa shape index (κ2) is 9.48. The predicted octanol–water partition coefficient (Wildman–Crippen LogP) is 4.72. The van der Waals surface area contributed by atoms with Crippen molar-refractivity contribution >= 4 is 17.6 Å². The number of halogens is 1. The van der Waals surface area contributed by atoms with E-state index in [1.165, 1.54) is 0 Å². The Kier molecular flexibility index (Phi) is 7.32. The van der Waals surface area contributed by atoms with Gasteiger partial charge in [-0.3, -0.25) is 4.79 Å². The first-order valence-electron chi connectivity index (χ1n) is 8.60. The molecule has 0 aliphatic rings. The van der Waals surface area contributed by atoms with E-state index in [0.717, 1.165) is 54.2 Å². The fourth-order valence-electron chi connectivity index (χ4n) is 2.76. The second-order valence-electron chi connectivity index (χ2n) is 6.05. The van der Waals surface area contributed by atoms with Crippen LogP contribution in [0.3, 0.4) is 0 Å². The summed E-state index contributed by atoms with van der Waals surface area (Å²) in [5.74, 6) is 0.355. The van der Waals surface area contributed by atoms with E-state index in [9.17, 15) is 4.79 Å². The standard InChI is InChI=1S/C19H25ClN2O2/c1-2-3-11-18-21-13-16(9-5-7-12-19(23)24)22(18)14-15-8-4-6-10-17(15)20/h4,6,8,10,13H,2-3,5,7,9,11-12,14H2,1H3,(H,23,24). The SMILES string of the molecule is CCCCc1ncc(CCCCC(=O)O)n1Cc1ccccc1Cl. The van der Waals surface area contributed by atoms with E-state index in [4.69, 9.17) is 16.7 Å². The minimum Gasteiger partial charge on any atom is -0.481 e. The molecule has 1 heterocycles. The highest BCUT2D eigenvalue weighted by Crippen LogP contribution is 2.20. The van der Waals surface area contributed by atoms with Crippen LogP contribution in [0.2, 0.25) is 5.02 Å². The minimum absolute atomic E-state index is 0.224. The van der Waals surface area contributed by atoms with Gasteiger partial charge in [0.2, 0.25) is 0 Å². The van der Waals surface area contributed by atoms with E-state index < -0.39 is 5.97 Å². The molecule has 5 heteroatoms. The Morgan fingerprint density at radius 3 is 2.71 bits per heavy atom. The van der Waals surface area contributed by atoms with Crippen molar-refractivity contribution in [2.45, 2.75) is 58.4 Å². The van der Waals surface area contributed by atoms with Gasteiger partial charge >= 0.3 is 5.97 Å². The number of carbonyl (C=O) groups is 1. The van der Waals surface area contributed by atoms with Gasteiger partial charge < -0.3 is 9.67 Å². The highest BCUT2D eigenvalue weighted by atomic mass is 35.5. The Bertz CT molecular complexity index is 667. The van der Waals surface area contributed by atoms with Crippen LogP contribution in [0.1, 0.15) is 56.1 Å². The maximum atomic E-state index is 10.6. The highest BCUT2D eigenvalue weighted by molar-refractivity contribution is 6.31. The van der Waals surface area contributed by atoms with Gasteiger partial charge in [0.05, 0.1) is 6.54 Å². The van der Waals surface area contributed by atoms with E-state index in [-0.39, 0.29) is 6.42 Å². The van der Waals surface area contributed by atoms with Crippen molar-refractivity contribution in [1.82, 2.24) is 9.55 Å². The molecule has 130 valence electrons. The van der Waals surface area contributed by atoms with E-state index in [1.54, 1.807) is 0 Å². The van der Waals surface area contributed by atoms with Crippen molar-refractivity contribution in [1.29, 1.82) is 0 Å². The molecule has 1 N–H and O–H groups in total. The van der Waals surface area contributed by atoms with Crippen molar-refractivity contribution in [2.24, 2.45) is 0 Å². The van der Waals surface area contributed by atoms with Crippen molar-refractivity contribution in [2.75, 3.05) is 0 Å². The molecule has 0 aliphatic carbocycles. The lowest BCUT2D eigenvalue weighted by Crippen LogP contribution is -2.09. The van der Waals surface area contributed by atoms with Crippen LogP contribution in [0.4, 0.5) is 0 Å². The summed E-state index contributed by atoms with van der Waals surface area (Å²) in [6.45, 7) is 2.89. The van der Waals surface area contributed by atoms with Crippen LogP contribution < -0.4 is 0 Å². The monoisotopic (exact) mass is 348 g/mol. The van der Waals surface area contributed by atoms with Crippen molar-refractivity contribution in [3.05, 3.63) is 52.6 Å². The molecule has 0 spiro atoms. The quantitative estimate of drug-likeness (QED) is 0.632. The first kappa shape index (κ1) is 18.5. The number of imidazole rings is 1. The van der Waals surface area contributed by atoms with E-state index in [1.807, 2.05) is 30.5 Å². The molecule has 0 unspecified atom stereocenters. The lowest BCUT2D eigenvalue weighted by Gasteiger charge is -2.13. The molecule has 0 fully saturated rings. The molecule has 0 radical (unpaired) electrons. The number of hydrogen-bond donors (Lipinski definition) is 1. The van der Waals surface area contributed by atoms with E-state index in [2.05, 4.69) is 16.5 Å². The maximum absolute atomic E-state index is 10.6. The minimum atomic E-state index is -0.733. The van der Waals surface area contributed by atoms with Gasteiger partial charge in [-0.05, 0) is 37.3 Å². The second-order valence-corrected chi connectivity index (χ2v) is 6.45. The number of carboxylic acids is 1. The lowest BCUT2D eigenvalue weighted by molar-refractivity contribution is -0.137. The summed E-state index contributed by atoms with van der Waals surface area (Å²) >= 11 is 6.31. The Hall–Kier alpha value is -1.81. The number of nitrogens with zero attached hydrogens (tertiary/aromatic N) is 2. The zero-order valence-electron chi connectivity index (χ0n) is 14.2. The zero-order valence-corrected chi connectivity index (χ0v) is 14.9. The molecule has 24 heavy (non-hydrogen) atoms. The summed E-state index contributed by atoms with van der Waals surface area (Å²) in [6.07, 6.45) is 7.74. The molecule has 4 nitrogen and oxygen atoms in total. The molecular weight excluding hydrogens is 324 g/mol. The molecule has 2 rings (SSSR count). The normalized spacial score (nSPS) is 10.9. The summed E-state index contributed by atoms with van der Waals surface area (Å²) < 4.78 is 2.25. The Morgan fingerprint density at radius 1 is 1.21 bits per heavy atom. The molecule has 1 aromatic carbocycles. The number of benzene rings is 1. The number of unbranched alkanes of at least 4 members (excludes halogenated alkanes) is 2. The third-order valence-electron chi connectivity index (χ3n) is 4.13. The van der Waals surface area contributed by atoms with Crippen LogP contribution in [0.15, 0.2) is 30.5 Å². The fourth-order valence-corrected chi connectivity index (χ4v) is 2.96. The fraction of sp³-hybridized carbons (Fsp3) is 0.474. The maximum Gasteiger partial charge on any atom is 0.303 e. The van der Waals surface area contributed by atoms with Gasteiger partial charge in [-0.1, -0.05) is 43.1 Å². The summed E-state index contributed by atoms with van der Waals surface area (Å²) in [7, 11) is 0. The third kappa shape index (κ3) is 5.38. The number of aliphatic carboxylic acids is 1. The molecule has 0 saturated heterocycles. The summed E-state index contributed by atoms with van der Waals surface area (Å²) in [6, 6.07) is 7.88. The van der Waals surface area contributed by atoms with Gasteiger partial charge in [0.1, 0.15) is 5.82 Å². The average molecular weight is 349 g/mol. The summed E-state index contributed by atoms with van der Waals surface area (Å²) in [5.41, 5.74) is 2.24. The summed E-state index contributed by atoms with van der Waals surface area (Å²) in [4.78, 5) is 15.2. The summed E-state index contributed by atoms with van der Waals surface area (Å²) in [5, 5.41) is 9.53. The first-order valence-corrected chi connectivity index (χ1v) is 8.98. The van der Waals surface area contributed by atoms with Crippen LogP contribution in [0, 0.1) is 0 Å². The van der Waals surface area contributed by atoms with Crippen LogP contribution >= 0.6 is 11.6 Å². The van der Waals surface area contributed by atoms with Gasteiger partial charge in [0, 0.05) is 29.8 Å². The van der Waals surface area contributed by atoms with Gasteiger partial charge in [0.25, 0.3) is 0 Å². The lowest BCUT2D eigenvalue weighted by atomic mass is 10.1. The zero-order chi connectivity index (χ0) is 17.4. The number of hydrogen-bond acceptors (Lipinski definition) is 2. The number of carboxylic acid groups (broad SMARTS) is 1. The van der Waals surface area contributed by atoms with Crippen LogP contribution in [-0.2, 0) is 24.2 Å². The van der Waals surface area contributed by atoms with Gasteiger partial charge in [-0.2, -0.15) is 0 Å². The Labute approximate surface area is 148 Å². The Morgan fingerprint density at radius 2 is 2.00 bits per heavy atom.